The Morgan fingerprint density at radius 3 is 2.43 bits per heavy atom. The van der Waals surface area contributed by atoms with Gasteiger partial charge in [0, 0.05) is 13.7 Å². The van der Waals surface area contributed by atoms with Gasteiger partial charge in [0.05, 0.1) is 13.2 Å². The lowest BCUT2D eigenvalue weighted by Crippen LogP contribution is -2.13. The molecule has 0 atom stereocenters. The van der Waals surface area contributed by atoms with Gasteiger partial charge in [-0.05, 0) is 25.9 Å². The molecular formula is C11H25NO2. The van der Waals surface area contributed by atoms with Gasteiger partial charge in [0.15, 0.2) is 0 Å². The van der Waals surface area contributed by atoms with E-state index < -0.39 is 0 Å². The summed E-state index contributed by atoms with van der Waals surface area (Å²) in [6, 6.07) is 0. The lowest BCUT2D eigenvalue weighted by atomic mass is 10.2. The summed E-state index contributed by atoms with van der Waals surface area (Å²) in [6.45, 7) is 6.70. The summed E-state index contributed by atoms with van der Waals surface area (Å²) in [6.07, 6.45) is 5.04. The monoisotopic (exact) mass is 203 g/mol. The highest BCUT2D eigenvalue weighted by Crippen LogP contribution is 1.99. The smallest absolute Gasteiger partial charge is 0.0700 e. The summed E-state index contributed by atoms with van der Waals surface area (Å²) < 4.78 is 10.2. The van der Waals surface area contributed by atoms with Crippen LogP contribution in [-0.2, 0) is 9.47 Å². The van der Waals surface area contributed by atoms with Crippen molar-refractivity contribution < 1.29 is 9.47 Å². The Bertz CT molecular complexity index is 87.3. The second-order valence-electron chi connectivity index (χ2n) is 3.37. The van der Waals surface area contributed by atoms with Gasteiger partial charge < -0.3 is 14.8 Å². The molecule has 14 heavy (non-hydrogen) atoms. The summed E-state index contributed by atoms with van der Waals surface area (Å²) in [5.74, 6) is 0. The van der Waals surface area contributed by atoms with Crippen LogP contribution in [0.15, 0.2) is 0 Å². The fourth-order valence-corrected chi connectivity index (χ4v) is 1.23. The van der Waals surface area contributed by atoms with Crippen LogP contribution in [0.25, 0.3) is 0 Å². The van der Waals surface area contributed by atoms with Crippen LogP contribution >= 0.6 is 0 Å². The predicted molar refractivity (Wildman–Crippen MR) is 59.7 cm³/mol. The third kappa shape index (κ3) is 11.9. The molecule has 0 spiro atoms. The van der Waals surface area contributed by atoms with E-state index in [0.29, 0.717) is 6.61 Å². The van der Waals surface area contributed by atoms with E-state index in [2.05, 4.69) is 12.2 Å². The zero-order valence-electron chi connectivity index (χ0n) is 9.68. The third-order valence-electron chi connectivity index (χ3n) is 2.07. The molecule has 0 aromatic carbocycles. The van der Waals surface area contributed by atoms with Crippen molar-refractivity contribution in [1.29, 1.82) is 0 Å². The first-order valence-corrected chi connectivity index (χ1v) is 5.69. The van der Waals surface area contributed by atoms with Gasteiger partial charge in [0.25, 0.3) is 0 Å². The van der Waals surface area contributed by atoms with Crippen molar-refractivity contribution in [3.05, 3.63) is 0 Å². The van der Waals surface area contributed by atoms with E-state index in [-0.39, 0.29) is 0 Å². The van der Waals surface area contributed by atoms with Crippen LogP contribution in [0.2, 0.25) is 0 Å². The Morgan fingerprint density at radius 2 is 1.71 bits per heavy atom. The summed E-state index contributed by atoms with van der Waals surface area (Å²) in [5.41, 5.74) is 0. The molecule has 0 aliphatic rings. The fourth-order valence-electron chi connectivity index (χ4n) is 1.23. The SMILES string of the molecule is CCNCCCCCCOCCOC. The lowest BCUT2D eigenvalue weighted by Gasteiger charge is -2.03. The van der Waals surface area contributed by atoms with Crippen LogP contribution in [0, 0.1) is 0 Å². The molecular weight excluding hydrogens is 178 g/mol. The molecule has 0 amide bonds. The predicted octanol–water partition coefficient (Wildman–Crippen LogP) is 1.82. The minimum atomic E-state index is 0.709. The zero-order chi connectivity index (χ0) is 10.5. The minimum Gasteiger partial charge on any atom is -0.382 e. The summed E-state index contributed by atoms with van der Waals surface area (Å²) in [7, 11) is 1.70. The third-order valence-corrected chi connectivity index (χ3v) is 2.07. The first-order chi connectivity index (χ1) is 6.91. The molecule has 0 rings (SSSR count). The molecule has 0 radical (unpaired) electrons. The zero-order valence-corrected chi connectivity index (χ0v) is 9.68. The molecule has 86 valence electrons. The molecule has 0 fully saturated rings. The normalized spacial score (nSPS) is 10.7. The van der Waals surface area contributed by atoms with Gasteiger partial charge >= 0.3 is 0 Å². The topological polar surface area (TPSA) is 30.5 Å². The summed E-state index contributed by atoms with van der Waals surface area (Å²) in [5, 5.41) is 3.32. The molecule has 0 heterocycles. The fraction of sp³-hybridized carbons (Fsp3) is 1.00. The van der Waals surface area contributed by atoms with Crippen LogP contribution in [-0.4, -0.2) is 40.0 Å². The van der Waals surface area contributed by atoms with Crippen LogP contribution in [0.4, 0.5) is 0 Å². The van der Waals surface area contributed by atoms with E-state index in [1.807, 2.05) is 0 Å². The van der Waals surface area contributed by atoms with E-state index in [1.54, 1.807) is 7.11 Å². The van der Waals surface area contributed by atoms with Gasteiger partial charge in [0.2, 0.25) is 0 Å². The Morgan fingerprint density at radius 1 is 0.929 bits per heavy atom. The number of ether oxygens (including phenoxy) is 2. The van der Waals surface area contributed by atoms with Crippen molar-refractivity contribution in [2.75, 3.05) is 40.0 Å². The van der Waals surface area contributed by atoms with E-state index in [1.165, 1.54) is 25.7 Å². The van der Waals surface area contributed by atoms with Crippen molar-refractivity contribution in [2.24, 2.45) is 0 Å². The molecule has 3 heteroatoms. The van der Waals surface area contributed by atoms with E-state index in [4.69, 9.17) is 9.47 Å². The van der Waals surface area contributed by atoms with Gasteiger partial charge in [-0.25, -0.2) is 0 Å². The molecule has 0 bridgehead atoms. The van der Waals surface area contributed by atoms with Gasteiger partial charge in [-0.15, -0.1) is 0 Å². The maximum atomic E-state index is 5.36. The highest BCUT2D eigenvalue weighted by molar-refractivity contribution is 4.46. The summed E-state index contributed by atoms with van der Waals surface area (Å²) in [4.78, 5) is 0. The van der Waals surface area contributed by atoms with Crippen LogP contribution in [0.5, 0.6) is 0 Å². The van der Waals surface area contributed by atoms with Crippen LogP contribution in [0.1, 0.15) is 32.6 Å². The minimum absolute atomic E-state index is 0.709. The highest BCUT2D eigenvalue weighted by Gasteiger charge is 1.90. The van der Waals surface area contributed by atoms with Gasteiger partial charge in [0.1, 0.15) is 0 Å². The molecule has 3 nitrogen and oxygen atoms in total. The van der Waals surface area contributed by atoms with Gasteiger partial charge in [-0.1, -0.05) is 19.8 Å². The molecule has 0 aliphatic heterocycles. The average Bonchev–Trinajstić information content (AvgIpc) is 2.21. The molecule has 0 saturated heterocycles. The average molecular weight is 203 g/mol. The largest absolute Gasteiger partial charge is 0.382 e. The van der Waals surface area contributed by atoms with Crippen molar-refractivity contribution in [3.63, 3.8) is 0 Å². The van der Waals surface area contributed by atoms with Crippen molar-refractivity contribution in [1.82, 2.24) is 5.32 Å². The molecule has 0 unspecified atom stereocenters. The second-order valence-corrected chi connectivity index (χ2v) is 3.37. The number of hydrogen-bond acceptors (Lipinski definition) is 3. The first-order valence-electron chi connectivity index (χ1n) is 5.69. The molecule has 0 aromatic rings. The maximum absolute atomic E-state index is 5.36. The van der Waals surface area contributed by atoms with Crippen molar-refractivity contribution in [2.45, 2.75) is 32.6 Å². The Hall–Kier alpha value is -0.120. The highest BCUT2D eigenvalue weighted by atomic mass is 16.5. The molecule has 0 aliphatic carbocycles. The van der Waals surface area contributed by atoms with Crippen LogP contribution < -0.4 is 5.32 Å². The standard InChI is InChI=1S/C11H25NO2/c1-3-12-8-6-4-5-7-9-14-11-10-13-2/h12H,3-11H2,1-2H3. The van der Waals surface area contributed by atoms with Gasteiger partial charge in [-0.3, -0.25) is 0 Å². The van der Waals surface area contributed by atoms with E-state index in [9.17, 15) is 0 Å². The summed E-state index contributed by atoms with van der Waals surface area (Å²) >= 11 is 0. The Labute approximate surface area is 88.2 Å². The van der Waals surface area contributed by atoms with Gasteiger partial charge in [-0.2, -0.15) is 0 Å². The van der Waals surface area contributed by atoms with Crippen LogP contribution in [0.3, 0.4) is 0 Å². The van der Waals surface area contributed by atoms with E-state index >= 15 is 0 Å². The number of unbranched alkanes of at least 4 members (excludes halogenated alkanes) is 3. The Balaban J connectivity index is 2.78. The van der Waals surface area contributed by atoms with E-state index in [0.717, 1.165) is 26.3 Å². The molecule has 1 N–H and O–H groups in total. The van der Waals surface area contributed by atoms with Crippen molar-refractivity contribution in [3.8, 4) is 0 Å². The number of hydrogen-bond donors (Lipinski definition) is 1. The maximum Gasteiger partial charge on any atom is 0.0700 e. The van der Waals surface area contributed by atoms with Crippen molar-refractivity contribution >= 4 is 0 Å². The molecule has 0 saturated carbocycles. The quantitative estimate of drug-likeness (QED) is 0.520. The lowest BCUT2D eigenvalue weighted by molar-refractivity contribution is 0.0686. The first kappa shape index (κ1) is 13.9. The number of rotatable bonds is 11. The number of methoxy groups -OCH3 is 1. The molecule has 0 aromatic heterocycles. The number of nitrogens with one attached hydrogen (secondary N) is 1. The second kappa shape index (κ2) is 12.9. The Kier molecular flexibility index (Phi) is 12.8.